The van der Waals surface area contributed by atoms with Crippen molar-refractivity contribution in [1.29, 1.82) is 0 Å². The normalized spacial score (nSPS) is 19.8. The Morgan fingerprint density at radius 2 is 1.64 bits per heavy atom. The van der Waals surface area contributed by atoms with Crippen molar-refractivity contribution in [3.8, 4) is 0 Å². The van der Waals surface area contributed by atoms with Crippen LogP contribution in [0, 0.1) is 0 Å². The Hall–Kier alpha value is -3.29. The molecule has 1 aliphatic heterocycles. The lowest BCUT2D eigenvalue weighted by Crippen LogP contribution is -2.45. The molecule has 4 nitrogen and oxygen atoms in total. The molecule has 3 aromatic carbocycles. The predicted molar refractivity (Wildman–Crippen MR) is 133 cm³/mol. The molecule has 1 heterocycles. The van der Waals surface area contributed by atoms with Crippen LogP contribution in [0.5, 0.6) is 0 Å². The number of benzene rings is 3. The lowest BCUT2D eigenvalue weighted by molar-refractivity contribution is -0.170. The van der Waals surface area contributed by atoms with Gasteiger partial charge in [-0.2, -0.15) is 13.2 Å². The Labute approximate surface area is 215 Å². The van der Waals surface area contributed by atoms with E-state index in [2.05, 4.69) is 5.32 Å². The first-order valence-electron chi connectivity index (χ1n) is 11.2. The van der Waals surface area contributed by atoms with E-state index < -0.39 is 18.1 Å². The van der Waals surface area contributed by atoms with Crippen molar-refractivity contribution >= 4 is 46.3 Å². The van der Waals surface area contributed by atoms with Crippen LogP contribution in [0.15, 0.2) is 84.1 Å². The summed E-state index contributed by atoms with van der Waals surface area (Å²) in [5.41, 5.74) is 1.95. The molecule has 1 aliphatic carbocycles. The second-order valence-electron chi connectivity index (χ2n) is 8.71. The van der Waals surface area contributed by atoms with E-state index in [9.17, 15) is 22.8 Å². The quantitative estimate of drug-likeness (QED) is 0.374. The van der Waals surface area contributed by atoms with Crippen molar-refractivity contribution in [2.24, 2.45) is 0 Å². The minimum Gasteiger partial charge on any atom is -0.357 e. The molecule has 0 bridgehead atoms. The van der Waals surface area contributed by atoms with Crippen molar-refractivity contribution in [3.05, 3.63) is 105 Å². The molecule has 0 unspecified atom stereocenters. The van der Waals surface area contributed by atoms with Gasteiger partial charge in [-0.05, 0) is 47.7 Å². The molecule has 0 saturated heterocycles. The monoisotopic (exact) mass is 530 g/mol. The minimum absolute atomic E-state index is 0.00528. The molecule has 184 valence electrons. The highest BCUT2D eigenvalue weighted by Gasteiger charge is 2.50. The van der Waals surface area contributed by atoms with Gasteiger partial charge >= 0.3 is 12.1 Å². The zero-order chi connectivity index (χ0) is 25.6. The van der Waals surface area contributed by atoms with Gasteiger partial charge in [-0.15, -0.1) is 0 Å². The van der Waals surface area contributed by atoms with E-state index in [-0.39, 0.29) is 50.7 Å². The molecule has 9 heteroatoms. The van der Waals surface area contributed by atoms with Crippen molar-refractivity contribution in [1.82, 2.24) is 0 Å². The van der Waals surface area contributed by atoms with Crippen LogP contribution in [-0.4, -0.2) is 17.9 Å². The number of nitrogens with one attached hydrogen (secondary N) is 1. The molecular formula is C27H19Cl2F3N2O2. The standard InChI is InChI=1S/C27H19Cl2F3N2O2/c28-17-10-11-18(19(29)14-17)25-24-21(12-16(13-23(24)35)15-6-2-1-3-7-15)33-20-8-4-5-9-22(20)34(25)26(36)27(30,31)32/h1-11,14,16,25,33H,12-13H2/t16-,25+/m1/s1. The van der Waals surface area contributed by atoms with E-state index in [0.717, 1.165) is 5.56 Å². The van der Waals surface area contributed by atoms with Crippen molar-refractivity contribution in [2.75, 3.05) is 10.2 Å². The second-order valence-corrected chi connectivity index (χ2v) is 9.56. The summed E-state index contributed by atoms with van der Waals surface area (Å²) in [5, 5.41) is 3.52. The number of hydrogen-bond acceptors (Lipinski definition) is 3. The smallest absolute Gasteiger partial charge is 0.357 e. The third-order valence-corrected chi connectivity index (χ3v) is 7.04. The van der Waals surface area contributed by atoms with Crippen molar-refractivity contribution < 1.29 is 22.8 Å². The lowest BCUT2D eigenvalue weighted by atomic mass is 9.78. The zero-order valence-electron chi connectivity index (χ0n) is 18.7. The maximum Gasteiger partial charge on any atom is 0.471 e. The zero-order valence-corrected chi connectivity index (χ0v) is 20.2. The fraction of sp³-hybridized carbons (Fsp3) is 0.185. The minimum atomic E-state index is -5.19. The fourth-order valence-corrected chi connectivity index (χ4v) is 5.44. The molecule has 0 radical (unpaired) electrons. The molecule has 0 spiro atoms. The number of Topliss-reactive ketones (excluding diaryl/α,β-unsaturated/α-hetero) is 1. The van der Waals surface area contributed by atoms with Crippen molar-refractivity contribution in [2.45, 2.75) is 31.0 Å². The lowest BCUT2D eigenvalue weighted by Gasteiger charge is -2.35. The van der Waals surface area contributed by atoms with Crippen LogP contribution in [0.2, 0.25) is 10.0 Å². The summed E-state index contributed by atoms with van der Waals surface area (Å²) in [5.74, 6) is -2.63. The average molecular weight is 531 g/mol. The van der Waals surface area contributed by atoms with Gasteiger partial charge in [-0.25, -0.2) is 0 Å². The fourth-order valence-electron chi connectivity index (χ4n) is 4.93. The summed E-state index contributed by atoms with van der Waals surface area (Å²) in [6.07, 6.45) is -4.74. The Morgan fingerprint density at radius 1 is 0.944 bits per heavy atom. The summed E-state index contributed by atoms with van der Waals surface area (Å²) in [6.45, 7) is 0. The number of nitrogens with zero attached hydrogens (tertiary/aromatic N) is 1. The first-order valence-corrected chi connectivity index (χ1v) is 11.9. The molecule has 1 N–H and O–H groups in total. The van der Waals surface area contributed by atoms with Crippen LogP contribution in [-0.2, 0) is 9.59 Å². The van der Waals surface area contributed by atoms with Gasteiger partial charge in [-0.1, -0.05) is 71.7 Å². The maximum absolute atomic E-state index is 14.0. The highest BCUT2D eigenvalue weighted by molar-refractivity contribution is 6.35. The number of carbonyl (C=O) groups excluding carboxylic acids is 2. The number of carbonyl (C=O) groups is 2. The van der Waals surface area contributed by atoms with Crippen molar-refractivity contribution in [3.63, 3.8) is 0 Å². The Balaban J connectivity index is 1.77. The van der Waals surface area contributed by atoms with Crippen LogP contribution in [0.4, 0.5) is 24.5 Å². The molecule has 5 rings (SSSR count). The summed E-state index contributed by atoms with van der Waals surface area (Å²) < 4.78 is 41.9. The first kappa shape index (κ1) is 24.4. The number of halogens is 5. The van der Waals surface area contributed by atoms with E-state index in [1.165, 1.54) is 30.3 Å². The number of allylic oxidation sites excluding steroid dienone is 1. The second kappa shape index (κ2) is 9.30. The Morgan fingerprint density at radius 3 is 2.33 bits per heavy atom. The number of para-hydroxylation sites is 2. The number of amides is 1. The molecule has 0 fully saturated rings. The molecule has 1 amide bonds. The van der Waals surface area contributed by atoms with Gasteiger partial charge in [0.15, 0.2) is 5.78 Å². The van der Waals surface area contributed by atoms with Gasteiger partial charge < -0.3 is 5.32 Å². The van der Waals surface area contributed by atoms with E-state index in [0.29, 0.717) is 17.0 Å². The van der Waals surface area contributed by atoms with Crippen LogP contribution in [0.1, 0.15) is 35.9 Å². The highest BCUT2D eigenvalue weighted by Crippen LogP contribution is 2.49. The van der Waals surface area contributed by atoms with Crippen LogP contribution >= 0.6 is 23.2 Å². The van der Waals surface area contributed by atoms with Crippen LogP contribution < -0.4 is 10.2 Å². The van der Waals surface area contributed by atoms with Crippen LogP contribution in [0.3, 0.4) is 0 Å². The van der Waals surface area contributed by atoms with E-state index >= 15 is 0 Å². The third-order valence-electron chi connectivity index (χ3n) is 6.48. The van der Waals surface area contributed by atoms with E-state index in [1.54, 1.807) is 12.1 Å². The molecule has 0 saturated carbocycles. The maximum atomic E-state index is 14.0. The van der Waals surface area contributed by atoms with E-state index in [1.807, 2.05) is 30.3 Å². The molecular weight excluding hydrogens is 512 g/mol. The van der Waals surface area contributed by atoms with Gasteiger partial charge in [0.25, 0.3) is 0 Å². The van der Waals surface area contributed by atoms with E-state index in [4.69, 9.17) is 23.2 Å². The summed E-state index contributed by atoms with van der Waals surface area (Å²) in [7, 11) is 0. The number of alkyl halides is 3. The third kappa shape index (κ3) is 4.38. The Kier molecular flexibility index (Phi) is 6.30. The number of fused-ring (bicyclic) bond motifs is 1. The molecule has 3 aromatic rings. The topological polar surface area (TPSA) is 49.4 Å². The Bertz CT molecular complexity index is 1390. The molecule has 0 aromatic heterocycles. The van der Waals surface area contributed by atoms with Gasteiger partial charge in [0, 0.05) is 27.7 Å². The predicted octanol–water partition coefficient (Wildman–Crippen LogP) is 7.46. The van der Waals surface area contributed by atoms with Gasteiger partial charge in [0.2, 0.25) is 0 Å². The van der Waals surface area contributed by atoms with Crippen LogP contribution in [0.25, 0.3) is 0 Å². The number of hydrogen-bond donors (Lipinski definition) is 1. The average Bonchev–Trinajstić information content (AvgIpc) is 2.98. The SMILES string of the molecule is O=C1C[C@H](c2ccccc2)CC2=C1[C@H](c1ccc(Cl)cc1Cl)N(C(=O)C(F)(F)F)c1ccccc1N2. The molecule has 2 aliphatic rings. The number of rotatable bonds is 2. The number of anilines is 2. The van der Waals surface area contributed by atoms with Gasteiger partial charge in [-0.3, -0.25) is 14.5 Å². The summed E-state index contributed by atoms with van der Waals surface area (Å²) in [4.78, 5) is 27.3. The number of ketones is 1. The van der Waals surface area contributed by atoms with Gasteiger partial charge in [0.1, 0.15) is 0 Å². The first-order chi connectivity index (χ1) is 17.1. The molecule has 2 atom stereocenters. The summed E-state index contributed by atoms with van der Waals surface area (Å²) in [6, 6.07) is 18.6. The highest BCUT2D eigenvalue weighted by atomic mass is 35.5. The largest absolute Gasteiger partial charge is 0.471 e. The van der Waals surface area contributed by atoms with Gasteiger partial charge in [0.05, 0.1) is 17.4 Å². The molecule has 36 heavy (non-hydrogen) atoms. The summed E-state index contributed by atoms with van der Waals surface area (Å²) >= 11 is 12.5.